The molecule has 128 valence electrons. The lowest BCUT2D eigenvalue weighted by Crippen LogP contribution is -2.38. The quantitative estimate of drug-likeness (QED) is 0.791. The summed E-state index contributed by atoms with van der Waals surface area (Å²) in [7, 11) is 0. The Hall–Kier alpha value is -2.96. The van der Waals surface area contributed by atoms with Gasteiger partial charge in [0.2, 0.25) is 11.8 Å². The van der Waals surface area contributed by atoms with E-state index in [9.17, 15) is 4.79 Å². The highest BCUT2D eigenvalue weighted by Crippen LogP contribution is 2.30. The monoisotopic (exact) mass is 337 g/mol. The zero-order valence-electron chi connectivity index (χ0n) is 13.9. The van der Waals surface area contributed by atoms with Gasteiger partial charge in [0, 0.05) is 36.5 Å². The van der Waals surface area contributed by atoms with Crippen molar-refractivity contribution in [3.05, 3.63) is 54.4 Å². The number of carbonyl (C=O) groups is 1. The molecule has 0 spiro atoms. The van der Waals surface area contributed by atoms with Crippen LogP contribution in [0.2, 0.25) is 0 Å². The Morgan fingerprint density at radius 2 is 2.08 bits per heavy atom. The van der Waals surface area contributed by atoms with E-state index < -0.39 is 0 Å². The number of aromatic nitrogens is 4. The van der Waals surface area contributed by atoms with Crippen molar-refractivity contribution < 1.29 is 9.21 Å². The highest BCUT2D eigenvalue weighted by Gasteiger charge is 2.29. The second-order valence-electron chi connectivity index (χ2n) is 6.29. The fourth-order valence-electron chi connectivity index (χ4n) is 3.36. The minimum atomic E-state index is -0.0646. The van der Waals surface area contributed by atoms with Crippen molar-refractivity contribution in [1.82, 2.24) is 25.1 Å². The summed E-state index contributed by atoms with van der Waals surface area (Å²) in [4.78, 5) is 16.7. The summed E-state index contributed by atoms with van der Waals surface area (Å²) in [5.41, 5.74) is 1.42. The van der Waals surface area contributed by atoms with Crippen LogP contribution in [0, 0.1) is 6.92 Å². The Bertz CT molecular complexity index is 854. The molecule has 7 nitrogen and oxygen atoms in total. The smallest absolute Gasteiger partial charge is 0.251 e. The Labute approximate surface area is 145 Å². The van der Waals surface area contributed by atoms with Crippen LogP contribution >= 0.6 is 0 Å². The molecular formula is C18H19N5O2. The minimum Gasteiger partial charge on any atom is -0.421 e. The molecule has 7 heteroatoms. The van der Waals surface area contributed by atoms with Crippen molar-refractivity contribution in [2.75, 3.05) is 0 Å². The lowest BCUT2D eigenvalue weighted by atomic mass is 10.1. The number of nitrogens with zero attached hydrogens (tertiary/aromatic N) is 4. The highest BCUT2D eigenvalue weighted by atomic mass is 16.4. The third-order valence-corrected chi connectivity index (χ3v) is 4.62. The van der Waals surface area contributed by atoms with E-state index in [-0.39, 0.29) is 18.0 Å². The van der Waals surface area contributed by atoms with Gasteiger partial charge in [-0.15, -0.1) is 10.2 Å². The second-order valence-corrected chi connectivity index (χ2v) is 6.29. The lowest BCUT2D eigenvalue weighted by molar-refractivity contribution is 0.0929. The van der Waals surface area contributed by atoms with E-state index in [2.05, 4.69) is 25.1 Å². The molecule has 1 aliphatic carbocycles. The predicted octanol–water partition coefficient (Wildman–Crippen LogP) is 2.77. The molecule has 1 saturated carbocycles. The van der Waals surface area contributed by atoms with Crippen molar-refractivity contribution in [1.29, 1.82) is 0 Å². The van der Waals surface area contributed by atoms with E-state index >= 15 is 0 Å². The van der Waals surface area contributed by atoms with Gasteiger partial charge >= 0.3 is 0 Å². The van der Waals surface area contributed by atoms with Crippen LogP contribution < -0.4 is 5.32 Å². The number of amides is 1. The maximum Gasteiger partial charge on any atom is 0.251 e. The predicted molar refractivity (Wildman–Crippen MR) is 90.8 cm³/mol. The molecule has 1 aromatic carbocycles. The highest BCUT2D eigenvalue weighted by molar-refractivity contribution is 5.94. The molecule has 0 aliphatic heterocycles. The van der Waals surface area contributed by atoms with E-state index in [0.29, 0.717) is 17.3 Å². The summed E-state index contributed by atoms with van der Waals surface area (Å²) < 4.78 is 7.48. The number of hydrogen-bond acceptors (Lipinski definition) is 5. The molecule has 25 heavy (non-hydrogen) atoms. The number of hydrogen-bond donors (Lipinski definition) is 1. The topological polar surface area (TPSA) is 85.8 Å². The van der Waals surface area contributed by atoms with Gasteiger partial charge in [0.1, 0.15) is 0 Å². The van der Waals surface area contributed by atoms with Gasteiger partial charge in [-0.05, 0) is 43.5 Å². The molecule has 0 bridgehead atoms. The molecule has 0 saturated heterocycles. The average Bonchev–Trinajstić information content (AvgIpc) is 3.36. The van der Waals surface area contributed by atoms with E-state index in [0.717, 1.165) is 24.8 Å². The third-order valence-electron chi connectivity index (χ3n) is 4.62. The maximum absolute atomic E-state index is 12.6. The zero-order chi connectivity index (χ0) is 17.2. The van der Waals surface area contributed by atoms with Crippen molar-refractivity contribution in [2.24, 2.45) is 0 Å². The molecule has 1 fully saturated rings. The van der Waals surface area contributed by atoms with E-state index in [1.165, 1.54) is 0 Å². The van der Waals surface area contributed by atoms with Gasteiger partial charge in [-0.25, -0.2) is 4.98 Å². The standard InChI is InChI=1S/C18H19N5O2/c1-12-21-22-18(25-12)14-7-5-13(6-8-14)17(24)20-15-3-2-4-16(15)23-10-9-19-11-23/h5-11,15-16H,2-4H2,1H3,(H,20,24)/t15-,16-/m0/s1. The van der Waals surface area contributed by atoms with Gasteiger partial charge in [0.05, 0.1) is 12.4 Å². The van der Waals surface area contributed by atoms with E-state index in [4.69, 9.17) is 4.42 Å². The number of carbonyl (C=O) groups excluding carboxylic acids is 1. The zero-order valence-corrected chi connectivity index (χ0v) is 13.9. The fraction of sp³-hybridized carbons (Fsp3) is 0.333. The summed E-state index contributed by atoms with van der Waals surface area (Å²) >= 11 is 0. The van der Waals surface area contributed by atoms with E-state index in [1.807, 2.05) is 24.7 Å². The van der Waals surface area contributed by atoms with Crippen LogP contribution in [0.25, 0.3) is 11.5 Å². The van der Waals surface area contributed by atoms with Gasteiger partial charge in [-0.2, -0.15) is 0 Å². The fourth-order valence-corrected chi connectivity index (χ4v) is 3.36. The number of benzene rings is 1. The number of rotatable bonds is 4. The van der Waals surface area contributed by atoms with Crippen LogP contribution in [0.1, 0.15) is 41.6 Å². The van der Waals surface area contributed by atoms with Crippen molar-refractivity contribution in [2.45, 2.75) is 38.3 Å². The SMILES string of the molecule is Cc1nnc(-c2ccc(C(=O)N[C@H]3CCC[C@@H]3n3ccnc3)cc2)o1. The van der Waals surface area contributed by atoms with Crippen LogP contribution in [-0.4, -0.2) is 31.7 Å². The van der Waals surface area contributed by atoms with Crippen molar-refractivity contribution in [3.63, 3.8) is 0 Å². The number of nitrogens with one attached hydrogen (secondary N) is 1. The van der Waals surface area contributed by atoms with Crippen LogP contribution in [0.3, 0.4) is 0 Å². The van der Waals surface area contributed by atoms with Crippen molar-refractivity contribution >= 4 is 5.91 Å². The van der Waals surface area contributed by atoms with Gasteiger partial charge in [-0.3, -0.25) is 4.79 Å². The molecule has 2 atom stereocenters. The first-order chi connectivity index (χ1) is 12.2. The number of aryl methyl sites for hydroxylation is 1. The summed E-state index contributed by atoms with van der Waals surface area (Å²) in [5, 5.41) is 11.0. The van der Waals surface area contributed by atoms with E-state index in [1.54, 1.807) is 25.3 Å². The molecule has 3 aromatic rings. The van der Waals surface area contributed by atoms with Crippen LogP contribution in [0.5, 0.6) is 0 Å². The third kappa shape index (κ3) is 3.17. The van der Waals surface area contributed by atoms with Gasteiger partial charge in [-0.1, -0.05) is 0 Å². The summed E-state index contributed by atoms with van der Waals surface area (Å²) in [6.45, 7) is 1.75. The first-order valence-corrected chi connectivity index (χ1v) is 8.39. The Morgan fingerprint density at radius 1 is 1.24 bits per heavy atom. The van der Waals surface area contributed by atoms with Crippen LogP contribution in [0.15, 0.2) is 47.4 Å². The van der Waals surface area contributed by atoms with Crippen LogP contribution in [0.4, 0.5) is 0 Å². The normalized spacial score (nSPS) is 19.9. The molecule has 1 N–H and O–H groups in total. The first-order valence-electron chi connectivity index (χ1n) is 8.39. The Morgan fingerprint density at radius 3 is 2.76 bits per heavy atom. The maximum atomic E-state index is 12.6. The molecule has 1 amide bonds. The molecular weight excluding hydrogens is 318 g/mol. The van der Waals surface area contributed by atoms with Crippen LogP contribution in [-0.2, 0) is 0 Å². The number of imidazole rings is 1. The minimum absolute atomic E-state index is 0.0646. The summed E-state index contributed by atoms with van der Waals surface area (Å²) in [6, 6.07) is 7.61. The van der Waals surface area contributed by atoms with Gasteiger partial charge < -0.3 is 14.3 Å². The Balaban J connectivity index is 1.46. The molecule has 0 radical (unpaired) electrons. The second kappa shape index (κ2) is 6.51. The molecule has 4 rings (SSSR count). The van der Waals surface area contributed by atoms with Gasteiger partial charge in [0.25, 0.3) is 5.91 Å². The largest absolute Gasteiger partial charge is 0.421 e. The van der Waals surface area contributed by atoms with Gasteiger partial charge in [0.15, 0.2) is 0 Å². The first kappa shape index (κ1) is 15.6. The van der Waals surface area contributed by atoms with Crippen molar-refractivity contribution in [3.8, 4) is 11.5 Å². The molecule has 2 heterocycles. The summed E-state index contributed by atoms with van der Waals surface area (Å²) in [5.74, 6) is 0.911. The summed E-state index contributed by atoms with van der Waals surface area (Å²) in [6.07, 6.45) is 8.68. The molecule has 0 unspecified atom stereocenters. The molecule has 2 aromatic heterocycles. The molecule has 1 aliphatic rings. The lowest BCUT2D eigenvalue weighted by Gasteiger charge is -2.22. The average molecular weight is 337 g/mol. The Kier molecular flexibility index (Phi) is 4.05.